The summed E-state index contributed by atoms with van der Waals surface area (Å²) in [6.07, 6.45) is 0. The van der Waals surface area contributed by atoms with Crippen LogP contribution in [-0.2, 0) is 15.8 Å². The highest BCUT2D eigenvalue weighted by atomic mass is 19.1. The largest absolute Gasteiger partial charge is 0.380 e. The molecule has 1 N–H and O–H groups in total. The van der Waals surface area contributed by atoms with Crippen LogP contribution in [0.5, 0.6) is 0 Å². The van der Waals surface area contributed by atoms with Gasteiger partial charge in [0.2, 0.25) is 0 Å². The van der Waals surface area contributed by atoms with Gasteiger partial charge in [0.1, 0.15) is 11.4 Å². The predicted octanol–water partition coefficient (Wildman–Crippen LogP) is 2.34. The van der Waals surface area contributed by atoms with Gasteiger partial charge in [-0.25, -0.2) is 4.39 Å². The molecule has 16 heavy (non-hydrogen) atoms. The second-order valence-corrected chi connectivity index (χ2v) is 5.47. The summed E-state index contributed by atoms with van der Waals surface area (Å²) in [4.78, 5) is 0. The molecule has 1 aromatic carbocycles. The minimum Gasteiger partial charge on any atom is -0.380 e. The number of hydrogen-bond acceptors (Lipinski definition) is 2. The van der Waals surface area contributed by atoms with Gasteiger partial charge in [0.25, 0.3) is 0 Å². The molecular weight excluding hydrogens is 207 g/mol. The zero-order valence-electron chi connectivity index (χ0n) is 9.88. The van der Waals surface area contributed by atoms with Crippen LogP contribution in [0.4, 0.5) is 4.39 Å². The average Bonchev–Trinajstić information content (AvgIpc) is 2.13. The molecule has 3 heteroatoms. The molecule has 0 unspecified atom stereocenters. The van der Waals surface area contributed by atoms with Crippen molar-refractivity contribution in [1.29, 1.82) is 0 Å². The van der Waals surface area contributed by atoms with Crippen molar-refractivity contribution >= 4 is 0 Å². The van der Waals surface area contributed by atoms with E-state index >= 15 is 0 Å². The van der Waals surface area contributed by atoms with E-state index in [1.165, 1.54) is 6.07 Å². The summed E-state index contributed by atoms with van der Waals surface area (Å²) in [6, 6.07) is 4.94. The predicted molar refractivity (Wildman–Crippen MR) is 59.8 cm³/mol. The lowest BCUT2D eigenvalue weighted by Gasteiger charge is -2.37. The van der Waals surface area contributed by atoms with Crippen molar-refractivity contribution < 1.29 is 14.2 Å². The summed E-state index contributed by atoms with van der Waals surface area (Å²) < 4.78 is 18.6. The molecule has 2 rings (SSSR count). The number of halogens is 1. The summed E-state index contributed by atoms with van der Waals surface area (Å²) in [5, 5.41) is 10.1. The molecule has 0 spiro atoms. The Kier molecular flexibility index (Phi) is 2.55. The zero-order chi connectivity index (χ0) is 12.0. The second-order valence-electron chi connectivity index (χ2n) is 5.47. The first-order chi connectivity index (χ1) is 7.33. The maximum atomic E-state index is 13.7. The molecule has 0 amide bonds. The van der Waals surface area contributed by atoms with Crippen molar-refractivity contribution in [2.24, 2.45) is 0 Å². The fraction of sp³-hybridized carbons (Fsp3) is 0.538. The van der Waals surface area contributed by atoms with Crippen LogP contribution in [0, 0.1) is 5.82 Å². The SMILES string of the molecule is CC(C)(C)c1ccc(F)c(C2(O)COC2)c1. The average molecular weight is 224 g/mol. The number of benzene rings is 1. The number of hydrogen-bond donors (Lipinski definition) is 1. The maximum absolute atomic E-state index is 13.7. The summed E-state index contributed by atoms with van der Waals surface area (Å²) >= 11 is 0. The fourth-order valence-corrected chi connectivity index (χ4v) is 1.80. The molecule has 0 bridgehead atoms. The molecule has 0 saturated carbocycles. The Hall–Kier alpha value is -0.930. The van der Waals surface area contributed by atoms with Gasteiger partial charge < -0.3 is 9.84 Å². The van der Waals surface area contributed by atoms with E-state index < -0.39 is 5.60 Å². The smallest absolute Gasteiger partial charge is 0.139 e. The fourth-order valence-electron chi connectivity index (χ4n) is 1.80. The van der Waals surface area contributed by atoms with Crippen LogP contribution in [0.25, 0.3) is 0 Å². The highest BCUT2D eigenvalue weighted by Gasteiger charge is 2.40. The Morgan fingerprint density at radius 3 is 2.38 bits per heavy atom. The van der Waals surface area contributed by atoms with Crippen LogP contribution in [-0.4, -0.2) is 18.3 Å². The highest BCUT2D eigenvalue weighted by molar-refractivity contribution is 5.34. The van der Waals surface area contributed by atoms with Gasteiger partial charge in [-0.05, 0) is 23.1 Å². The van der Waals surface area contributed by atoms with Crippen molar-refractivity contribution in [3.05, 3.63) is 35.1 Å². The van der Waals surface area contributed by atoms with Crippen molar-refractivity contribution in [3.8, 4) is 0 Å². The molecule has 1 aliphatic rings. The maximum Gasteiger partial charge on any atom is 0.139 e. The first-order valence-electron chi connectivity index (χ1n) is 5.44. The van der Waals surface area contributed by atoms with Crippen LogP contribution in [0.1, 0.15) is 31.9 Å². The van der Waals surface area contributed by atoms with Gasteiger partial charge in [-0.3, -0.25) is 0 Å². The lowest BCUT2D eigenvalue weighted by Crippen LogP contribution is -2.47. The molecule has 88 valence electrons. The number of rotatable bonds is 1. The molecule has 0 atom stereocenters. The minimum atomic E-state index is -1.13. The zero-order valence-corrected chi connectivity index (χ0v) is 9.88. The van der Waals surface area contributed by atoms with E-state index in [0.29, 0.717) is 5.56 Å². The van der Waals surface area contributed by atoms with E-state index in [2.05, 4.69) is 20.8 Å². The van der Waals surface area contributed by atoms with Gasteiger partial charge in [-0.2, -0.15) is 0 Å². The summed E-state index contributed by atoms with van der Waals surface area (Å²) in [6.45, 7) is 6.54. The topological polar surface area (TPSA) is 29.5 Å². The van der Waals surface area contributed by atoms with Crippen molar-refractivity contribution in [2.75, 3.05) is 13.2 Å². The first kappa shape index (κ1) is 11.6. The summed E-state index contributed by atoms with van der Waals surface area (Å²) in [5.41, 5.74) is 0.185. The van der Waals surface area contributed by atoms with Gasteiger partial charge in [0.15, 0.2) is 0 Å². The molecule has 1 fully saturated rings. The van der Waals surface area contributed by atoms with Crippen LogP contribution < -0.4 is 0 Å². The second kappa shape index (κ2) is 3.54. The standard InChI is InChI=1S/C13H17FO2/c1-12(2,3)9-4-5-11(14)10(6-9)13(15)7-16-8-13/h4-6,15H,7-8H2,1-3H3. The van der Waals surface area contributed by atoms with E-state index in [1.807, 2.05) is 0 Å². The van der Waals surface area contributed by atoms with E-state index in [4.69, 9.17) is 4.74 Å². The van der Waals surface area contributed by atoms with E-state index in [-0.39, 0.29) is 24.4 Å². The quantitative estimate of drug-likeness (QED) is 0.793. The monoisotopic (exact) mass is 224 g/mol. The van der Waals surface area contributed by atoms with Crippen molar-refractivity contribution in [1.82, 2.24) is 0 Å². The van der Waals surface area contributed by atoms with Crippen molar-refractivity contribution in [2.45, 2.75) is 31.8 Å². The molecule has 2 nitrogen and oxygen atoms in total. The third kappa shape index (κ3) is 1.85. The molecule has 1 aromatic rings. The lowest BCUT2D eigenvalue weighted by molar-refractivity contribution is -0.186. The van der Waals surface area contributed by atoms with Crippen LogP contribution in [0.2, 0.25) is 0 Å². The van der Waals surface area contributed by atoms with Gasteiger partial charge in [0, 0.05) is 5.56 Å². The van der Waals surface area contributed by atoms with Gasteiger partial charge in [-0.1, -0.05) is 26.8 Å². The Balaban J connectivity index is 2.45. The first-order valence-corrected chi connectivity index (χ1v) is 5.44. The third-order valence-electron chi connectivity index (χ3n) is 3.02. The number of ether oxygens (including phenoxy) is 1. The Morgan fingerprint density at radius 1 is 1.31 bits per heavy atom. The molecule has 0 aliphatic carbocycles. The van der Waals surface area contributed by atoms with Gasteiger partial charge in [0.05, 0.1) is 13.2 Å². The molecule has 0 aromatic heterocycles. The van der Waals surface area contributed by atoms with E-state index in [1.54, 1.807) is 12.1 Å². The summed E-state index contributed by atoms with van der Waals surface area (Å²) in [5.74, 6) is -0.362. The molecular formula is C13H17FO2. The lowest BCUT2D eigenvalue weighted by atomic mass is 9.82. The molecule has 0 radical (unpaired) electrons. The third-order valence-corrected chi connectivity index (χ3v) is 3.02. The molecule has 1 aliphatic heterocycles. The van der Waals surface area contributed by atoms with Gasteiger partial charge in [-0.15, -0.1) is 0 Å². The van der Waals surface area contributed by atoms with Crippen molar-refractivity contribution in [3.63, 3.8) is 0 Å². The van der Waals surface area contributed by atoms with Gasteiger partial charge >= 0.3 is 0 Å². The van der Waals surface area contributed by atoms with E-state index in [9.17, 15) is 9.50 Å². The highest BCUT2D eigenvalue weighted by Crippen LogP contribution is 2.34. The van der Waals surface area contributed by atoms with Crippen LogP contribution in [0.3, 0.4) is 0 Å². The van der Waals surface area contributed by atoms with E-state index in [0.717, 1.165) is 5.56 Å². The van der Waals surface area contributed by atoms with Crippen LogP contribution >= 0.6 is 0 Å². The summed E-state index contributed by atoms with van der Waals surface area (Å²) in [7, 11) is 0. The minimum absolute atomic E-state index is 0.0522. The number of aliphatic hydroxyl groups is 1. The Morgan fingerprint density at radius 2 is 1.94 bits per heavy atom. The molecule has 1 heterocycles. The van der Waals surface area contributed by atoms with Crippen LogP contribution in [0.15, 0.2) is 18.2 Å². The molecule has 1 saturated heterocycles. The Bertz CT molecular complexity index is 403. The Labute approximate surface area is 95.1 Å². The normalized spacial score (nSPS) is 19.3.